The van der Waals surface area contributed by atoms with Crippen molar-refractivity contribution in [3.63, 3.8) is 0 Å². The van der Waals surface area contributed by atoms with Crippen molar-refractivity contribution in [3.8, 4) is 0 Å². The van der Waals surface area contributed by atoms with Crippen LogP contribution in [0.25, 0.3) is 10.9 Å². The second-order valence-electron chi connectivity index (χ2n) is 7.54. The molecule has 1 atom stereocenters. The van der Waals surface area contributed by atoms with E-state index in [1.54, 1.807) is 13.0 Å². The maximum absolute atomic E-state index is 14.1. The standard InChI is InChI=1S/C20H19F4N5O/c1-11(16-6-14-8-27-29(10-20(22,23)24)17(14)9-25-16)28-18(30)5-12-4-15(21)19(26-7-12)13-2-3-13/h4,6-9,11,13H,2-3,5,10H2,1H3,(H,28,30)/t11-/m1/s1. The molecule has 1 aliphatic rings. The minimum atomic E-state index is -4.38. The maximum atomic E-state index is 14.1. The van der Waals surface area contributed by atoms with Gasteiger partial charge in [0.1, 0.15) is 12.4 Å². The summed E-state index contributed by atoms with van der Waals surface area (Å²) in [5, 5.41) is 7.01. The third kappa shape index (κ3) is 4.58. The van der Waals surface area contributed by atoms with Gasteiger partial charge in [-0.15, -0.1) is 0 Å². The molecule has 3 aromatic heterocycles. The zero-order chi connectivity index (χ0) is 21.5. The third-order valence-corrected chi connectivity index (χ3v) is 4.95. The zero-order valence-electron chi connectivity index (χ0n) is 16.1. The molecule has 10 heteroatoms. The minimum absolute atomic E-state index is 0.0367. The lowest BCUT2D eigenvalue weighted by molar-refractivity contribution is -0.141. The normalized spacial score (nSPS) is 15.4. The molecule has 0 spiro atoms. The number of amides is 1. The fraction of sp³-hybridized carbons (Fsp3) is 0.400. The summed E-state index contributed by atoms with van der Waals surface area (Å²) in [7, 11) is 0. The summed E-state index contributed by atoms with van der Waals surface area (Å²) in [6, 6.07) is 2.44. The van der Waals surface area contributed by atoms with Gasteiger partial charge in [-0.25, -0.2) is 4.39 Å². The van der Waals surface area contributed by atoms with E-state index in [0.29, 0.717) is 22.3 Å². The Morgan fingerprint density at radius 2 is 2.00 bits per heavy atom. The monoisotopic (exact) mass is 421 g/mol. The van der Waals surface area contributed by atoms with Crippen LogP contribution >= 0.6 is 0 Å². The van der Waals surface area contributed by atoms with Crippen molar-refractivity contribution < 1.29 is 22.4 Å². The first kappa shape index (κ1) is 20.2. The van der Waals surface area contributed by atoms with Crippen molar-refractivity contribution in [2.24, 2.45) is 0 Å². The Hall–Kier alpha value is -3.04. The molecule has 6 nitrogen and oxygen atoms in total. The van der Waals surface area contributed by atoms with Gasteiger partial charge >= 0.3 is 6.18 Å². The van der Waals surface area contributed by atoms with E-state index in [1.807, 2.05) is 0 Å². The van der Waals surface area contributed by atoms with Gasteiger partial charge in [0.2, 0.25) is 5.91 Å². The molecule has 0 bridgehead atoms. The van der Waals surface area contributed by atoms with Crippen molar-refractivity contribution in [3.05, 3.63) is 53.5 Å². The van der Waals surface area contributed by atoms with Gasteiger partial charge in [0.05, 0.1) is 41.8 Å². The number of carbonyl (C=O) groups is 1. The molecular formula is C20H19F4N5O. The topological polar surface area (TPSA) is 72.7 Å². The molecule has 158 valence electrons. The molecule has 0 radical (unpaired) electrons. The summed E-state index contributed by atoms with van der Waals surface area (Å²) in [6.45, 7) is 0.509. The van der Waals surface area contributed by atoms with E-state index in [9.17, 15) is 22.4 Å². The van der Waals surface area contributed by atoms with Crippen LogP contribution in [0.1, 0.15) is 48.7 Å². The van der Waals surface area contributed by atoms with Crippen LogP contribution < -0.4 is 5.32 Å². The van der Waals surface area contributed by atoms with E-state index >= 15 is 0 Å². The highest BCUT2D eigenvalue weighted by Gasteiger charge is 2.29. The van der Waals surface area contributed by atoms with E-state index in [4.69, 9.17) is 0 Å². The molecule has 0 aromatic carbocycles. The molecule has 1 N–H and O–H groups in total. The van der Waals surface area contributed by atoms with Gasteiger partial charge in [-0.2, -0.15) is 18.3 Å². The molecule has 1 aliphatic carbocycles. The van der Waals surface area contributed by atoms with E-state index in [2.05, 4.69) is 20.4 Å². The first-order chi connectivity index (χ1) is 14.2. The predicted molar refractivity (Wildman–Crippen MR) is 100 cm³/mol. The molecule has 0 unspecified atom stereocenters. The molecule has 0 saturated heterocycles. The van der Waals surface area contributed by atoms with Gasteiger partial charge in [-0.1, -0.05) is 0 Å². The number of rotatable bonds is 6. The third-order valence-electron chi connectivity index (χ3n) is 4.95. The first-order valence-electron chi connectivity index (χ1n) is 9.51. The Balaban J connectivity index is 1.41. The molecular weight excluding hydrogens is 402 g/mol. The molecule has 30 heavy (non-hydrogen) atoms. The fourth-order valence-electron chi connectivity index (χ4n) is 3.32. The first-order valence-corrected chi connectivity index (χ1v) is 9.51. The summed E-state index contributed by atoms with van der Waals surface area (Å²) in [6.07, 6.45) is 1.61. The van der Waals surface area contributed by atoms with E-state index in [1.165, 1.54) is 24.7 Å². The molecule has 0 aliphatic heterocycles. The number of hydrogen-bond donors (Lipinski definition) is 1. The lowest BCUT2D eigenvalue weighted by atomic mass is 10.1. The fourth-order valence-corrected chi connectivity index (χ4v) is 3.32. The summed E-state index contributed by atoms with van der Waals surface area (Å²) >= 11 is 0. The van der Waals surface area contributed by atoms with Crippen LogP contribution in [0.15, 0.2) is 30.7 Å². The number of nitrogens with one attached hydrogen (secondary N) is 1. The van der Waals surface area contributed by atoms with Crippen LogP contribution in [-0.4, -0.2) is 31.8 Å². The van der Waals surface area contributed by atoms with Gasteiger partial charge in [-0.05, 0) is 37.5 Å². The maximum Gasteiger partial charge on any atom is 0.408 e. The smallest absolute Gasteiger partial charge is 0.348 e. The van der Waals surface area contributed by atoms with Gasteiger partial charge in [0.15, 0.2) is 0 Å². The summed E-state index contributed by atoms with van der Waals surface area (Å²) in [4.78, 5) is 20.6. The highest BCUT2D eigenvalue weighted by atomic mass is 19.4. The number of hydrogen-bond acceptors (Lipinski definition) is 4. The number of fused-ring (bicyclic) bond motifs is 1. The van der Waals surface area contributed by atoms with Crippen LogP contribution in [0.4, 0.5) is 17.6 Å². The lowest BCUT2D eigenvalue weighted by Crippen LogP contribution is -2.28. The van der Waals surface area contributed by atoms with Crippen LogP contribution in [0.3, 0.4) is 0 Å². The average molecular weight is 421 g/mol. The number of nitrogens with zero attached hydrogens (tertiary/aromatic N) is 4. The van der Waals surface area contributed by atoms with Crippen molar-refractivity contribution in [1.82, 2.24) is 25.1 Å². The van der Waals surface area contributed by atoms with Gasteiger partial charge in [0, 0.05) is 17.5 Å². The minimum Gasteiger partial charge on any atom is -0.348 e. The van der Waals surface area contributed by atoms with Gasteiger partial charge in [-0.3, -0.25) is 19.4 Å². The van der Waals surface area contributed by atoms with E-state index in [-0.39, 0.29) is 29.6 Å². The SMILES string of the molecule is C[C@@H](NC(=O)Cc1cnc(C2CC2)c(F)c1)c1cc2cnn(CC(F)(F)F)c2cn1. The number of alkyl halides is 3. The number of carbonyl (C=O) groups excluding carboxylic acids is 1. The predicted octanol–water partition coefficient (Wildman–Crippen LogP) is 3.83. The number of halogens is 4. The number of pyridine rings is 2. The lowest BCUT2D eigenvalue weighted by Gasteiger charge is -2.14. The second kappa shape index (κ2) is 7.66. The van der Waals surface area contributed by atoms with Gasteiger partial charge < -0.3 is 5.32 Å². The Kier molecular flexibility index (Phi) is 5.17. The summed E-state index contributed by atoms with van der Waals surface area (Å²) in [5.41, 5.74) is 1.66. The highest BCUT2D eigenvalue weighted by molar-refractivity contribution is 5.80. The van der Waals surface area contributed by atoms with Crippen LogP contribution in [0.2, 0.25) is 0 Å². The van der Waals surface area contributed by atoms with E-state index < -0.39 is 18.8 Å². The molecule has 1 amide bonds. The van der Waals surface area contributed by atoms with Crippen molar-refractivity contribution in [2.45, 2.75) is 50.9 Å². The number of aromatic nitrogens is 4. The Morgan fingerprint density at radius 1 is 1.23 bits per heavy atom. The summed E-state index contributed by atoms with van der Waals surface area (Å²) < 4.78 is 52.8. The molecule has 3 aromatic rings. The summed E-state index contributed by atoms with van der Waals surface area (Å²) in [5.74, 6) is -0.536. The molecule has 4 rings (SSSR count). The van der Waals surface area contributed by atoms with Crippen molar-refractivity contribution in [2.75, 3.05) is 0 Å². The van der Waals surface area contributed by atoms with Crippen LogP contribution in [0.5, 0.6) is 0 Å². The van der Waals surface area contributed by atoms with Crippen LogP contribution in [-0.2, 0) is 17.8 Å². The van der Waals surface area contributed by atoms with Crippen LogP contribution in [0, 0.1) is 5.82 Å². The molecule has 1 saturated carbocycles. The molecule has 1 fully saturated rings. The Bertz CT molecular complexity index is 1090. The zero-order valence-corrected chi connectivity index (χ0v) is 16.1. The Morgan fingerprint density at radius 3 is 2.67 bits per heavy atom. The van der Waals surface area contributed by atoms with Gasteiger partial charge in [0.25, 0.3) is 0 Å². The van der Waals surface area contributed by atoms with E-state index in [0.717, 1.165) is 17.5 Å². The second-order valence-corrected chi connectivity index (χ2v) is 7.54. The van der Waals surface area contributed by atoms with Crippen molar-refractivity contribution >= 4 is 16.8 Å². The quantitative estimate of drug-likeness (QED) is 0.614. The average Bonchev–Trinajstić information content (AvgIpc) is 3.42. The largest absolute Gasteiger partial charge is 0.408 e. The van der Waals surface area contributed by atoms with Crippen molar-refractivity contribution in [1.29, 1.82) is 0 Å². The highest BCUT2D eigenvalue weighted by Crippen LogP contribution is 2.40. The molecule has 3 heterocycles. The Labute approximate surface area is 169 Å².